The van der Waals surface area contributed by atoms with Crippen LogP contribution in [0.4, 0.5) is 0 Å². The van der Waals surface area contributed by atoms with Crippen LogP contribution in [0.15, 0.2) is 48.8 Å². The van der Waals surface area contributed by atoms with E-state index in [2.05, 4.69) is 9.88 Å². The molecule has 0 saturated carbocycles. The number of carbonyl (C=O) groups is 2. The second-order valence-corrected chi connectivity index (χ2v) is 8.60. The monoisotopic (exact) mass is 463 g/mol. The van der Waals surface area contributed by atoms with Gasteiger partial charge in [-0.1, -0.05) is 6.07 Å². The van der Waals surface area contributed by atoms with E-state index in [0.717, 1.165) is 30.0 Å². The van der Waals surface area contributed by atoms with Gasteiger partial charge in [0, 0.05) is 57.2 Å². The number of amides is 2. The summed E-state index contributed by atoms with van der Waals surface area (Å²) in [5.74, 6) is 0.862. The maximum Gasteiger partial charge on any atom is 0.253 e. The summed E-state index contributed by atoms with van der Waals surface area (Å²) >= 11 is 0. The molecule has 0 aliphatic carbocycles. The zero-order chi connectivity index (χ0) is 24.1. The number of hydrogen-bond donors (Lipinski definition) is 0. The number of fused-ring (bicyclic) bond motifs is 1. The van der Waals surface area contributed by atoms with Crippen molar-refractivity contribution >= 4 is 17.5 Å². The topological polar surface area (TPSA) is 70.4 Å². The molecule has 0 bridgehead atoms. The van der Waals surface area contributed by atoms with Crippen molar-refractivity contribution in [3.05, 3.63) is 65.6 Å². The van der Waals surface area contributed by atoms with Gasteiger partial charge in [0.1, 0.15) is 18.0 Å². The molecular formula is C26H33N5O3. The first-order chi connectivity index (χ1) is 16.5. The number of pyridine rings is 1. The molecule has 0 spiro atoms. The first-order valence-electron chi connectivity index (χ1n) is 11.9. The Kier molecular flexibility index (Phi) is 7.47. The molecule has 0 radical (unpaired) electrons. The Labute approximate surface area is 200 Å². The number of aryl methyl sites for hydroxylation is 1. The maximum atomic E-state index is 12.9. The van der Waals surface area contributed by atoms with E-state index in [1.807, 2.05) is 83.8 Å². The lowest BCUT2D eigenvalue weighted by Crippen LogP contribution is -2.51. The van der Waals surface area contributed by atoms with E-state index >= 15 is 0 Å². The largest absolute Gasteiger partial charge is 0.487 e. The second-order valence-electron chi connectivity index (χ2n) is 8.60. The minimum absolute atomic E-state index is 0.0112. The summed E-state index contributed by atoms with van der Waals surface area (Å²) in [5.41, 5.74) is 3.54. The molecule has 3 aromatic rings. The lowest BCUT2D eigenvalue weighted by Gasteiger charge is -2.35. The number of hydrogen-bond acceptors (Lipinski definition) is 5. The molecule has 0 N–H and O–H groups in total. The SMILES string of the molecule is CCN(CC)C(=O)CN1CCN(C(=O)c2ccc(OCc3cn4cccc(C)c4n3)cc2)CC1. The van der Waals surface area contributed by atoms with Gasteiger partial charge in [-0.05, 0) is 56.7 Å². The lowest BCUT2D eigenvalue weighted by atomic mass is 10.1. The number of benzene rings is 1. The Hall–Kier alpha value is -3.39. The predicted molar refractivity (Wildman–Crippen MR) is 131 cm³/mol. The molecule has 1 fully saturated rings. The molecule has 1 saturated heterocycles. The summed E-state index contributed by atoms with van der Waals surface area (Å²) in [6.07, 6.45) is 3.94. The second kappa shape index (κ2) is 10.7. The predicted octanol–water partition coefficient (Wildman–Crippen LogP) is 2.85. The van der Waals surface area contributed by atoms with Crippen molar-refractivity contribution in [2.24, 2.45) is 0 Å². The molecule has 1 aliphatic heterocycles. The van der Waals surface area contributed by atoms with Crippen molar-refractivity contribution in [3.63, 3.8) is 0 Å². The van der Waals surface area contributed by atoms with E-state index in [4.69, 9.17) is 4.74 Å². The van der Waals surface area contributed by atoms with Gasteiger partial charge >= 0.3 is 0 Å². The van der Waals surface area contributed by atoms with Crippen LogP contribution in [0.2, 0.25) is 0 Å². The van der Waals surface area contributed by atoms with E-state index in [1.54, 1.807) is 0 Å². The third kappa shape index (κ3) is 5.39. The zero-order valence-electron chi connectivity index (χ0n) is 20.2. The van der Waals surface area contributed by atoms with Crippen molar-refractivity contribution < 1.29 is 14.3 Å². The van der Waals surface area contributed by atoms with E-state index in [1.165, 1.54) is 0 Å². The van der Waals surface area contributed by atoms with Gasteiger partial charge in [-0.3, -0.25) is 14.5 Å². The van der Waals surface area contributed by atoms with E-state index in [9.17, 15) is 9.59 Å². The highest BCUT2D eigenvalue weighted by Crippen LogP contribution is 2.17. The molecule has 180 valence electrons. The van der Waals surface area contributed by atoms with Crippen LogP contribution in [0.5, 0.6) is 5.75 Å². The maximum absolute atomic E-state index is 12.9. The van der Waals surface area contributed by atoms with Crippen molar-refractivity contribution in [1.29, 1.82) is 0 Å². The molecule has 34 heavy (non-hydrogen) atoms. The first-order valence-corrected chi connectivity index (χ1v) is 11.9. The van der Waals surface area contributed by atoms with Gasteiger partial charge in [-0.25, -0.2) is 4.98 Å². The van der Waals surface area contributed by atoms with Gasteiger partial charge in [-0.2, -0.15) is 0 Å². The average molecular weight is 464 g/mol. The summed E-state index contributed by atoms with van der Waals surface area (Å²) in [7, 11) is 0. The summed E-state index contributed by atoms with van der Waals surface area (Å²) in [5, 5.41) is 0. The third-order valence-corrected chi connectivity index (χ3v) is 6.35. The Morgan fingerprint density at radius 2 is 1.74 bits per heavy atom. The van der Waals surface area contributed by atoms with Crippen LogP contribution in [-0.4, -0.2) is 81.7 Å². The fourth-order valence-corrected chi connectivity index (χ4v) is 4.28. The number of nitrogens with zero attached hydrogens (tertiary/aromatic N) is 5. The number of imidazole rings is 1. The van der Waals surface area contributed by atoms with Gasteiger partial charge in [-0.15, -0.1) is 0 Å². The van der Waals surface area contributed by atoms with E-state index in [0.29, 0.717) is 50.6 Å². The van der Waals surface area contributed by atoms with E-state index in [-0.39, 0.29) is 11.8 Å². The van der Waals surface area contributed by atoms with Gasteiger partial charge in [0.25, 0.3) is 5.91 Å². The fourth-order valence-electron chi connectivity index (χ4n) is 4.28. The van der Waals surface area contributed by atoms with Crippen molar-refractivity contribution in [1.82, 2.24) is 24.1 Å². The Morgan fingerprint density at radius 3 is 2.38 bits per heavy atom. The van der Waals surface area contributed by atoms with Crippen molar-refractivity contribution in [2.75, 3.05) is 45.8 Å². The minimum atomic E-state index is 0.0112. The van der Waals surface area contributed by atoms with Crippen LogP contribution >= 0.6 is 0 Å². The molecule has 1 aliphatic rings. The number of ether oxygens (including phenoxy) is 1. The highest BCUT2D eigenvalue weighted by Gasteiger charge is 2.24. The highest BCUT2D eigenvalue weighted by atomic mass is 16.5. The summed E-state index contributed by atoms with van der Waals surface area (Å²) < 4.78 is 7.88. The quantitative estimate of drug-likeness (QED) is 0.514. The van der Waals surface area contributed by atoms with Gasteiger partial charge in [0.05, 0.1) is 12.2 Å². The number of rotatable bonds is 8. The average Bonchev–Trinajstić information content (AvgIpc) is 3.28. The van der Waals surface area contributed by atoms with E-state index < -0.39 is 0 Å². The molecule has 3 heterocycles. The van der Waals surface area contributed by atoms with Crippen molar-refractivity contribution in [2.45, 2.75) is 27.4 Å². The lowest BCUT2D eigenvalue weighted by molar-refractivity contribution is -0.132. The van der Waals surface area contributed by atoms with Crippen LogP contribution in [0.25, 0.3) is 5.65 Å². The van der Waals surface area contributed by atoms with Crippen LogP contribution in [0.1, 0.15) is 35.5 Å². The number of likely N-dealkylation sites (N-methyl/N-ethyl adjacent to an activating group) is 1. The summed E-state index contributed by atoms with van der Waals surface area (Å²) in [4.78, 5) is 35.7. The Bertz CT molecular complexity index is 1130. The zero-order valence-corrected chi connectivity index (χ0v) is 20.2. The van der Waals surface area contributed by atoms with Gasteiger partial charge in [0.2, 0.25) is 5.91 Å². The number of aromatic nitrogens is 2. The normalized spacial score (nSPS) is 14.4. The third-order valence-electron chi connectivity index (χ3n) is 6.35. The van der Waals surface area contributed by atoms with Gasteiger partial charge in [0.15, 0.2) is 0 Å². The molecule has 0 unspecified atom stereocenters. The molecule has 0 atom stereocenters. The number of piperazine rings is 1. The fraction of sp³-hybridized carbons (Fsp3) is 0.423. The summed E-state index contributed by atoms with van der Waals surface area (Å²) in [6.45, 7) is 10.9. The molecule has 8 nitrogen and oxygen atoms in total. The molecule has 8 heteroatoms. The first kappa shape index (κ1) is 23.8. The Balaban J connectivity index is 1.27. The molecule has 1 aromatic carbocycles. The highest BCUT2D eigenvalue weighted by molar-refractivity contribution is 5.94. The van der Waals surface area contributed by atoms with Crippen LogP contribution in [0, 0.1) is 6.92 Å². The smallest absolute Gasteiger partial charge is 0.253 e. The molecule has 2 amide bonds. The molecule has 2 aromatic heterocycles. The van der Waals surface area contributed by atoms with Crippen molar-refractivity contribution in [3.8, 4) is 5.75 Å². The molecular weight excluding hydrogens is 430 g/mol. The van der Waals surface area contributed by atoms with Crippen LogP contribution in [0.3, 0.4) is 0 Å². The van der Waals surface area contributed by atoms with Crippen LogP contribution in [-0.2, 0) is 11.4 Å². The minimum Gasteiger partial charge on any atom is -0.487 e. The standard InChI is InChI=1S/C26H33N5O3/c1-4-29(5-2)24(32)18-28-13-15-30(16-14-28)26(33)21-8-10-23(11-9-21)34-19-22-17-31-12-6-7-20(3)25(31)27-22/h6-12,17H,4-5,13-16,18-19H2,1-3H3. The summed E-state index contributed by atoms with van der Waals surface area (Å²) in [6, 6.07) is 11.3. The molecule has 4 rings (SSSR count). The van der Waals surface area contributed by atoms with Crippen LogP contribution < -0.4 is 4.74 Å². The van der Waals surface area contributed by atoms with Gasteiger partial charge < -0.3 is 18.9 Å². The Morgan fingerprint density at radius 1 is 1.03 bits per heavy atom. The number of carbonyl (C=O) groups excluding carboxylic acids is 2.